The van der Waals surface area contributed by atoms with Gasteiger partial charge in [0.2, 0.25) is 0 Å². The van der Waals surface area contributed by atoms with Crippen molar-refractivity contribution in [1.29, 1.82) is 0 Å². The van der Waals surface area contributed by atoms with Gasteiger partial charge in [0.25, 0.3) is 0 Å². The highest BCUT2D eigenvalue weighted by Crippen LogP contribution is 2.25. The molecular formula is C16H19NO2. The Morgan fingerprint density at radius 1 is 1.05 bits per heavy atom. The van der Waals surface area contributed by atoms with Crippen LogP contribution in [-0.2, 0) is 6.54 Å². The fourth-order valence-electron chi connectivity index (χ4n) is 2.06. The van der Waals surface area contributed by atoms with E-state index in [2.05, 4.69) is 24.4 Å². The summed E-state index contributed by atoms with van der Waals surface area (Å²) in [4.78, 5) is 0. The zero-order valence-corrected chi connectivity index (χ0v) is 11.2. The summed E-state index contributed by atoms with van der Waals surface area (Å²) < 4.78 is 0. The Hall–Kier alpha value is -2.00. The van der Waals surface area contributed by atoms with Crippen molar-refractivity contribution in [2.75, 3.05) is 0 Å². The molecule has 3 N–H and O–H groups in total. The van der Waals surface area contributed by atoms with Gasteiger partial charge >= 0.3 is 0 Å². The molecule has 2 rings (SSSR count). The number of rotatable bonds is 4. The van der Waals surface area contributed by atoms with Crippen LogP contribution in [0.15, 0.2) is 42.5 Å². The fraction of sp³-hybridized carbons (Fsp3) is 0.250. The van der Waals surface area contributed by atoms with Crippen molar-refractivity contribution in [1.82, 2.24) is 5.32 Å². The van der Waals surface area contributed by atoms with Crippen LogP contribution in [0.5, 0.6) is 11.5 Å². The van der Waals surface area contributed by atoms with Gasteiger partial charge in [-0.25, -0.2) is 0 Å². The van der Waals surface area contributed by atoms with E-state index in [0.29, 0.717) is 0 Å². The molecule has 2 aromatic carbocycles. The Bertz CT molecular complexity index is 546. The van der Waals surface area contributed by atoms with Crippen LogP contribution < -0.4 is 5.32 Å². The van der Waals surface area contributed by atoms with Crippen LogP contribution in [0, 0.1) is 6.92 Å². The number of phenols is 2. The summed E-state index contributed by atoms with van der Waals surface area (Å²) in [6, 6.07) is 12.9. The van der Waals surface area contributed by atoms with E-state index in [1.54, 1.807) is 12.1 Å². The van der Waals surface area contributed by atoms with Gasteiger partial charge in [0.05, 0.1) is 0 Å². The van der Waals surface area contributed by atoms with E-state index in [1.165, 1.54) is 17.2 Å². The monoisotopic (exact) mass is 257 g/mol. The summed E-state index contributed by atoms with van der Waals surface area (Å²) in [6.45, 7) is 4.85. The minimum absolute atomic E-state index is 0.0533. The molecule has 0 radical (unpaired) electrons. The fourth-order valence-corrected chi connectivity index (χ4v) is 2.06. The van der Waals surface area contributed by atoms with Gasteiger partial charge < -0.3 is 15.5 Å². The number of nitrogens with one attached hydrogen (secondary N) is 1. The van der Waals surface area contributed by atoms with Crippen LogP contribution in [-0.4, -0.2) is 10.2 Å². The summed E-state index contributed by atoms with van der Waals surface area (Å²) in [5.41, 5.74) is 3.37. The van der Waals surface area contributed by atoms with E-state index in [1.807, 2.05) is 19.1 Å². The molecule has 0 spiro atoms. The smallest absolute Gasteiger partial charge is 0.119 e. The summed E-state index contributed by atoms with van der Waals surface area (Å²) in [5.74, 6) is 0.166. The van der Waals surface area contributed by atoms with Crippen LogP contribution >= 0.6 is 0 Å². The molecular weight excluding hydrogens is 238 g/mol. The molecule has 3 nitrogen and oxygen atoms in total. The van der Waals surface area contributed by atoms with Crippen molar-refractivity contribution in [3.63, 3.8) is 0 Å². The van der Waals surface area contributed by atoms with E-state index in [0.717, 1.165) is 12.1 Å². The van der Waals surface area contributed by atoms with Crippen molar-refractivity contribution in [3.8, 4) is 11.5 Å². The van der Waals surface area contributed by atoms with Gasteiger partial charge in [-0.2, -0.15) is 0 Å². The van der Waals surface area contributed by atoms with Crippen molar-refractivity contribution < 1.29 is 10.2 Å². The molecule has 1 unspecified atom stereocenters. The molecule has 0 heterocycles. The van der Waals surface area contributed by atoms with Crippen LogP contribution in [0.1, 0.15) is 29.7 Å². The highest BCUT2D eigenvalue weighted by atomic mass is 16.3. The Labute approximate surface area is 113 Å². The maximum absolute atomic E-state index is 9.48. The molecule has 2 aromatic rings. The lowest BCUT2D eigenvalue weighted by Gasteiger charge is -2.16. The lowest BCUT2D eigenvalue weighted by molar-refractivity contribution is 0.446. The van der Waals surface area contributed by atoms with E-state index >= 15 is 0 Å². The van der Waals surface area contributed by atoms with Gasteiger partial charge in [0, 0.05) is 18.7 Å². The van der Waals surface area contributed by atoms with E-state index < -0.39 is 0 Å². The molecule has 0 aromatic heterocycles. The van der Waals surface area contributed by atoms with Crippen molar-refractivity contribution in [2.24, 2.45) is 0 Å². The average Bonchev–Trinajstić information content (AvgIpc) is 2.36. The summed E-state index contributed by atoms with van der Waals surface area (Å²) in [5, 5.41) is 22.4. The molecule has 1 atom stereocenters. The SMILES string of the molecule is Cc1ccccc1CNC(C)c1cc(O)cc(O)c1. The normalized spacial score (nSPS) is 12.3. The molecule has 0 fully saturated rings. The minimum atomic E-state index is 0.0533. The van der Waals surface area contributed by atoms with Gasteiger partial charge in [-0.1, -0.05) is 24.3 Å². The lowest BCUT2D eigenvalue weighted by atomic mass is 10.1. The number of phenolic OH excluding ortho intramolecular Hbond substituents is 2. The van der Waals surface area contributed by atoms with E-state index in [9.17, 15) is 10.2 Å². The number of aryl methyl sites for hydroxylation is 1. The molecule has 19 heavy (non-hydrogen) atoms. The summed E-state index contributed by atoms with van der Waals surface area (Å²) in [6.07, 6.45) is 0. The molecule has 0 saturated carbocycles. The topological polar surface area (TPSA) is 52.5 Å². The first-order chi connectivity index (χ1) is 9.06. The van der Waals surface area contributed by atoms with E-state index in [-0.39, 0.29) is 17.5 Å². The first-order valence-corrected chi connectivity index (χ1v) is 6.37. The Morgan fingerprint density at radius 2 is 1.68 bits per heavy atom. The zero-order valence-electron chi connectivity index (χ0n) is 11.2. The predicted molar refractivity (Wildman–Crippen MR) is 76.2 cm³/mol. The maximum atomic E-state index is 9.48. The molecule has 100 valence electrons. The minimum Gasteiger partial charge on any atom is -0.508 e. The van der Waals surface area contributed by atoms with Crippen LogP contribution in [0.2, 0.25) is 0 Å². The molecule has 0 bridgehead atoms. The number of benzene rings is 2. The summed E-state index contributed by atoms with van der Waals surface area (Å²) >= 11 is 0. The Kier molecular flexibility index (Phi) is 4.07. The Balaban J connectivity index is 2.05. The molecule has 0 aliphatic carbocycles. The molecule has 0 aliphatic heterocycles. The van der Waals surface area contributed by atoms with Crippen molar-refractivity contribution in [2.45, 2.75) is 26.4 Å². The third kappa shape index (κ3) is 3.48. The predicted octanol–water partition coefficient (Wildman–Crippen LogP) is 3.26. The van der Waals surface area contributed by atoms with Gasteiger partial charge in [0.1, 0.15) is 11.5 Å². The zero-order chi connectivity index (χ0) is 13.8. The second-order valence-corrected chi connectivity index (χ2v) is 4.81. The van der Waals surface area contributed by atoms with Gasteiger partial charge in [-0.15, -0.1) is 0 Å². The number of hydrogen-bond donors (Lipinski definition) is 3. The molecule has 0 aliphatic rings. The third-order valence-corrected chi connectivity index (χ3v) is 3.28. The van der Waals surface area contributed by atoms with Crippen LogP contribution in [0.4, 0.5) is 0 Å². The van der Waals surface area contributed by atoms with E-state index in [4.69, 9.17) is 0 Å². The lowest BCUT2D eigenvalue weighted by Crippen LogP contribution is -2.18. The molecule has 0 saturated heterocycles. The maximum Gasteiger partial charge on any atom is 0.119 e. The van der Waals surface area contributed by atoms with Crippen LogP contribution in [0.25, 0.3) is 0 Å². The number of aromatic hydroxyl groups is 2. The van der Waals surface area contributed by atoms with Gasteiger partial charge in [0.15, 0.2) is 0 Å². The second kappa shape index (κ2) is 5.76. The summed E-state index contributed by atoms with van der Waals surface area (Å²) in [7, 11) is 0. The largest absolute Gasteiger partial charge is 0.508 e. The number of hydrogen-bond acceptors (Lipinski definition) is 3. The highest BCUT2D eigenvalue weighted by Gasteiger charge is 2.08. The Morgan fingerprint density at radius 3 is 2.32 bits per heavy atom. The molecule has 3 heteroatoms. The molecule has 0 amide bonds. The first-order valence-electron chi connectivity index (χ1n) is 6.37. The quantitative estimate of drug-likeness (QED) is 0.788. The average molecular weight is 257 g/mol. The highest BCUT2D eigenvalue weighted by molar-refractivity contribution is 5.38. The standard InChI is InChI=1S/C16H19NO2/c1-11-5-3-4-6-13(11)10-17-12(2)14-7-15(18)9-16(19)8-14/h3-9,12,17-19H,10H2,1-2H3. The third-order valence-electron chi connectivity index (χ3n) is 3.28. The van der Waals surface area contributed by atoms with Crippen LogP contribution in [0.3, 0.4) is 0 Å². The van der Waals surface area contributed by atoms with Gasteiger partial charge in [-0.05, 0) is 42.7 Å². The van der Waals surface area contributed by atoms with Crippen molar-refractivity contribution in [3.05, 3.63) is 59.2 Å². The van der Waals surface area contributed by atoms with Crippen molar-refractivity contribution >= 4 is 0 Å². The second-order valence-electron chi connectivity index (χ2n) is 4.81. The van der Waals surface area contributed by atoms with Gasteiger partial charge in [-0.3, -0.25) is 0 Å². The first kappa shape index (κ1) is 13.4.